The summed E-state index contributed by atoms with van der Waals surface area (Å²) in [6, 6.07) is 9.84. The number of guanidine groups is 1. The topological polar surface area (TPSA) is 73.3 Å². The van der Waals surface area contributed by atoms with Crippen molar-refractivity contribution in [2.75, 3.05) is 35.0 Å². The zero-order valence-electron chi connectivity index (χ0n) is 18.5. The van der Waals surface area contributed by atoms with Crippen LogP contribution in [0.5, 0.6) is 23.0 Å². The molecule has 2 N–H and O–H groups in total. The quantitative estimate of drug-likeness (QED) is 0.292. The average Bonchev–Trinajstić information content (AvgIpc) is 2.75. The molecule has 2 aromatic rings. The van der Waals surface area contributed by atoms with Crippen LogP contribution in [0.3, 0.4) is 0 Å². The number of rotatable bonds is 9. The summed E-state index contributed by atoms with van der Waals surface area (Å²) in [6.07, 6.45) is 0. The van der Waals surface area contributed by atoms with Crippen LogP contribution >= 0.6 is 24.0 Å². The van der Waals surface area contributed by atoms with Crippen molar-refractivity contribution in [3.63, 3.8) is 0 Å². The van der Waals surface area contributed by atoms with Gasteiger partial charge in [0.25, 0.3) is 0 Å². The summed E-state index contributed by atoms with van der Waals surface area (Å²) in [7, 11) is 6.52. The Morgan fingerprint density at radius 3 is 2.00 bits per heavy atom. The van der Waals surface area contributed by atoms with Crippen molar-refractivity contribution in [3.05, 3.63) is 47.0 Å². The number of nitrogens with one attached hydrogen (secondary N) is 2. The van der Waals surface area contributed by atoms with Gasteiger partial charge in [-0.05, 0) is 31.5 Å². The van der Waals surface area contributed by atoms with E-state index in [4.69, 9.17) is 18.9 Å². The van der Waals surface area contributed by atoms with Gasteiger partial charge in [-0.15, -0.1) is 24.0 Å². The lowest BCUT2D eigenvalue weighted by Crippen LogP contribution is -2.36. The van der Waals surface area contributed by atoms with Gasteiger partial charge in [-0.3, -0.25) is 0 Å². The Morgan fingerprint density at radius 2 is 1.40 bits per heavy atom. The standard InChI is InChI=1S/C22H31N3O4.HI/c1-7-23-22(24-13-16-9-8-15(2)10-18(16)26-3)25-14-17-11-20(28-5)21(29-6)12-19(17)27-4;/h8-12H,7,13-14H2,1-6H3,(H2,23,24,25);1H. The van der Waals surface area contributed by atoms with Crippen molar-refractivity contribution in [2.24, 2.45) is 4.99 Å². The summed E-state index contributed by atoms with van der Waals surface area (Å²) in [6.45, 7) is 5.84. The third-order valence-corrected chi connectivity index (χ3v) is 4.43. The minimum atomic E-state index is 0. The maximum absolute atomic E-state index is 5.49. The first-order valence-electron chi connectivity index (χ1n) is 9.50. The average molecular weight is 529 g/mol. The van der Waals surface area contributed by atoms with E-state index in [-0.39, 0.29) is 24.0 Å². The summed E-state index contributed by atoms with van der Waals surface area (Å²) in [5.41, 5.74) is 3.12. The Hall–Kier alpha value is -2.36. The number of aliphatic imine (C=N–C) groups is 1. The lowest BCUT2D eigenvalue weighted by atomic mass is 10.1. The predicted octanol–water partition coefficient (Wildman–Crippen LogP) is 3.90. The number of nitrogens with zero attached hydrogens (tertiary/aromatic N) is 1. The van der Waals surface area contributed by atoms with E-state index in [1.54, 1.807) is 34.5 Å². The third kappa shape index (κ3) is 6.86. The van der Waals surface area contributed by atoms with Gasteiger partial charge < -0.3 is 29.6 Å². The lowest BCUT2D eigenvalue weighted by Gasteiger charge is -2.15. The van der Waals surface area contributed by atoms with Crippen LogP contribution in [-0.2, 0) is 13.1 Å². The molecule has 0 bridgehead atoms. The molecule has 2 aromatic carbocycles. The molecule has 0 unspecified atom stereocenters. The Balaban J connectivity index is 0.00000450. The first kappa shape index (κ1) is 25.7. The Kier molecular flexibility index (Phi) is 11.2. The van der Waals surface area contributed by atoms with Crippen molar-refractivity contribution in [2.45, 2.75) is 26.9 Å². The molecule has 0 saturated carbocycles. The Bertz CT molecular complexity index is 843. The van der Waals surface area contributed by atoms with Crippen molar-refractivity contribution in [1.29, 1.82) is 0 Å². The molecule has 2 rings (SSSR count). The van der Waals surface area contributed by atoms with Crippen molar-refractivity contribution in [3.8, 4) is 23.0 Å². The lowest BCUT2D eigenvalue weighted by molar-refractivity contribution is 0.347. The van der Waals surface area contributed by atoms with Crippen LogP contribution in [0.25, 0.3) is 0 Å². The van der Waals surface area contributed by atoms with Crippen molar-refractivity contribution < 1.29 is 18.9 Å². The fourth-order valence-electron chi connectivity index (χ4n) is 2.90. The molecule has 0 fully saturated rings. The minimum Gasteiger partial charge on any atom is -0.496 e. The smallest absolute Gasteiger partial charge is 0.191 e. The molecule has 0 aromatic heterocycles. The molecule has 0 atom stereocenters. The van der Waals surface area contributed by atoms with Crippen LogP contribution in [0, 0.1) is 6.92 Å². The zero-order chi connectivity index (χ0) is 21.2. The molecule has 0 radical (unpaired) electrons. The highest BCUT2D eigenvalue weighted by molar-refractivity contribution is 14.0. The highest BCUT2D eigenvalue weighted by Crippen LogP contribution is 2.34. The molecule has 0 saturated heterocycles. The van der Waals surface area contributed by atoms with E-state index in [1.165, 1.54) is 0 Å². The van der Waals surface area contributed by atoms with Crippen LogP contribution in [0.1, 0.15) is 23.6 Å². The second-order valence-electron chi connectivity index (χ2n) is 6.38. The molecule has 0 aliphatic rings. The molecule has 0 amide bonds. The molecule has 8 heteroatoms. The van der Waals surface area contributed by atoms with E-state index in [9.17, 15) is 0 Å². The van der Waals surface area contributed by atoms with Gasteiger partial charge in [-0.25, -0.2) is 4.99 Å². The van der Waals surface area contributed by atoms with Gasteiger partial charge in [-0.1, -0.05) is 12.1 Å². The summed E-state index contributed by atoms with van der Waals surface area (Å²) >= 11 is 0. The van der Waals surface area contributed by atoms with Gasteiger partial charge in [0.05, 0.1) is 35.0 Å². The molecule has 0 heterocycles. The van der Waals surface area contributed by atoms with E-state index in [1.807, 2.05) is 26.0 Å². The van der Waals surface area contributed by atoms with Gasteiger partial charge in [0.2, 0.25) is 0 Å². The first-order chi connectivity index (χ1) is 14.1. The highest BCUT2D eigenvalue weighted by Gasteiger charge is 2.12. The zero-order valence-corrected chi connectivity index (χ0v) is 20.8. The number of hydrogen-bond acceptors (Lipinski definition) is 5. The second-order valence-corrected chi connectivity index (χ2v) is 6.38. The number of aryl methyl sites for hydroxylation is 1. The van der Waals surface area contributed by atoms with Crippen LogP contribution in [0.4, 0.5) is 0 Å². The van der Waals surface area contributed by atoms with Gasteiger partial charge in [-0.2, -0.15) is 0 Å². The van der Waals surface area contributed by atoms with E-state index >= 15 is 0 Å². The summed E-state index contributed by atoms with van der Waals surface area (Å²) in [5, 5.41) is 6.61. The van der Waals surface area contributed by atoms with E-state index in [2.05, 4.69) is 27.8 Å². The normalized spacial score (nSPS) is 10.7. The van der Waals surface area contributed by atoms with E-state index < -0.39 is 0 Å². The van der Waals surface area contributed by atoms with Crippen LogP contribution in [0.15, 0.2) is 35.3 Å². The van der Waals surface area contributed by atoms with E-state index in [0.29, 0.717) is 36.3 Å². The summed E-state index contributed by atoms with van der Waals surface area (Å²) in [4.78, 5) is 4.69. The third-order valence-electron chi connectivity index (χ3n) is 4.43. The van der Waals surface area contributed by atoms with Gasteiger partial charge >= 0.3 is 0 Å². The van der Waals surface area contributed by atoms with Crippen molar-refractivity contribution >= 4 is 29.9 Å². The Labute approximate surface area is 196 Å². The first-order valence-corrected chi connectivity index (χ1v) is 9.50. The van der Waals surface area contributed by atoms with Crippen LogP contribution < -0.4 is 29.6 Å². The molecule has 0 spiro atoms. The molecule has 0 aliphatic carbocycles. The second kappa shape index (κ2) is 13.0. The monoisotopic (exact) mass is 529 g/mol. The van der Waals surface area contributed by atoms with Gasteiger partial charge in [0.15, 0.2) is 17.5 Å². The number of methoxy groups -OCH3 is 4. The van der Waals surface area contributed by atoms with Gasteiger partial charge in [0.1, 0.15) is 11.5 Å². The van der Waals surface area contributed by atoms with E-state index in [0.717, 1.165) is 29.0 Å². The van der Waals surface area contributed by atoms with Crippen LogP contribution in [-0.4, -0.2) is 40.9 Å². The molecule has 166 valence electrons. The molecular formula is C22H32IN3O4. The fourth-order valence-corrected chi connectivity index (χ4v) is 2.90. The predicted molar refractivity (Wildman–Crippen MR) is 131 cm³/mol. The van der Waals surface area contributed by atoms with Gasteiger partial charge in [0, 0.05) is 30.3 Å². The Morgan fingerprint density at radius 1 is 0.800 bits per heavy atom. The number of benzene rings is 2. The maximum atomic E-state index is 5.49. The molecular weight excluding hydrogens is 497 g/mol. The number of halogens is 1. The highest BCUT2D eigenvalue weighted by atomic mass is 127. The van der Waals surface area contributed by atoms with Crippen LogP contribution in [0.2, 0.25) is 0 Å². The number of hydrogen-bond donors (Lipinski definition) is 2. The fraction of sp³-hybridized carbons (Fsp3) is 0.409. The minimum absolute atomic E-state index is 0. The number of ether oxygens (including phenoxy) is 4. The maximum Gasteiger partial charge on any atom is 0.191 e. The molecule has 7 nitrogen and oxygen atoms in total. The molecule has 30 heavy (non-hydrogen) atoms. The summed E-state index contributed by atoms with van der Waals surface area (Å²) in [5.74, 6) is 3.51. The summed E-state index contributed by atoms with van der Waals surface area (Å²) < 4.78 is 21.7. The largest absolute Gasteiger partial charge is 0.496 e. The van der Waals surface area contributed by atoms with Crippen molar-refractivity contribution in [1.82, 2.24) is 10.6 Å². The molecule has 0 aliphatic heterocycles. The SMILES string of the molecule is CCNC(=NCc1cc(OC)c(OC)cc1OC)NCc1ccc(C)cc1OC.I.